The Labute approximate surface area is 136 Å². The van der Waals surface area contributed by atoms with Crippen molar-refractivity contribution in [2.24, 2.45) is 0 Å². The van der Waals surface area contributed by atoms with Gasteiger partial charge in [-0.25, -0.2) is 24.1 Å². The summed E-state index contributed by atoms with van der Waals surface area (Å²) in [5.74, 6) is -0.369. The molecule has 0 saturated carbocycles. The van der Waals surface area contributed by atoms with E-state index in [4.69, 9.17) is 4.74 Å². The molecule has 0 aliphatic rings. The van der Waals surface area contributed by atoms with E-state index in [0.29, 0.717) is 4.47 Å². The van der Waals surface area contributed by atoms with Gasteiger partial charge in [-0.05, 0) is 54.9 Å². The van der Waals surface area contributed by atoms with Crippen molar-refractivity contribution < 1.29 is 13.9 Å². The molecule has 0 aliphatic carbocycles. The maximum absolute atomic E-state index is 13.5. The van der Waals surface area contributed by atoms with Crippen LogP contribution in [0.2, 0.25) is 0 Å². The van der Waals surface area contributed by atoms with Crippen molar-refractivity contribution in [2.75, 3.05) is 4.90 Å². The van der Waals surface area contributed by atoms with Gasteiger partial charge in [-0.3, -0.25) is 0 Å². The lowest BCUT2D eigenvalue weighted by Gasteiger charge is -2.26. The summed E-state index contributed by atoms with van der Waals surface area (Å²) in [6, 6.07) is 5.59. The Kier molecular flexibility index (Phi) is 4.75. The Balaban J connectivity index is 2.45. The number of hydrogen-bond donors (Lipinski definition) is 0. The second kappa shape index (κ2) is 6.39. The maximum atomic E-state index is 13.5. The molecule has 0 aliphatic heterocycles. The standard InChI is InChI=1S/C15H15BrFN3O2/c1-15(2,3)22-14(21)20(12-6-4-5-11(17)7-12)13-18-8-10(16)9-19-13/h4-9H,1-3H3. The average Bonchev–Trinajstić information content (AvgIpc) is 2.39. The lowest BCUT2D eigenvalue weighted by Crippen LogP contribution is -2.34. The Morgan fingerprint density at radius 2 is 1.91 bits per heavy atom. The van der Waals surface area contributed by atoms with Gasteiger partial charge in [-0.2, -0.15) is 0 Å². The van der Waals surface area contributed by atoms with E-state index < -0.39 is 17.5 Å². The molecule has 1 heterocycles. The second-order valence-corrected chi connectivity index (χ2v) is 6.41. The molecule has 1 aromatic heterocycles. The van der Waals surface area contributed by atoms with Gasteiger partial charge in [0.05, 0.1) is 10.2 Å². The van der Waals surface area contributed by atoms with Gasteiger partial charge in [0.1, 0.15) is 11.4 Å². The van der Waals surface area contributed by atoms with Crippen LogP contribution in [-0.2, 0) is 4.74 Å². The van der Waals surface area contributed by atoms with Crippen molar-refractivity contribution in [3.05, 3.63) is 46.9 Å². The van der Waals surface area contributed by atoms with Crippen LogP contribution in [0.5, 0.6) is 0 Å². The Hall–Kier alpha value is -2.02. The van der Waals surface area contributed by atoms with E-state index in [-0.39, 0.29) is 11.6 Å². The van der Waals surface area contributed by atoms with E-state index in [9.17, 15) is 9.18 Å². The van der Waals surface area contributed by atoms with Crippen molar-refractivity contribution in [2.45, 2.75) is 26.4 Å². The Bertz CT molecular complexity index is 671. The van der Waals surface area contributed by atoms with Gasteiger partial charge in [-0.15, -0.1) is 0 Å². The molecule has 2 aromatic rings. The minimum absolute atomic E-state index is 0.100. The van der Waals surface area contributed by atoms with Crippen LogP contribution >= 0.6 is 15.9 Å². The highest BCUT2D eigenvalue weighted by Crippen LogP contribution is 2.25. The molecule has 0 saturated heterocycles. The van der Waals surface area contributed by atoms with Crippen LogP contribution in [0.4, 0.5) is 20.8 Å². The van der Waals surface area contributed by atoms with Crippen LogP contribution in [0.1, 0.15) is 20.8 Å². The third-order valence-electron chi connectivity index (χ3n) is 2.45. The summed E-state index contributed by atoms with van der Waals surface area (Å²) in [4.78, 5) is 21.7. The van der Waals surface area contributed by atoms with Gasteiger partial charge in [0, 0.05) is 12.4 Å². The molecule has 0 spiro atoms. The molecular weight excluding hydrogens is 353 g/mol. The molecule has 0 unspecified atom stereocenters. The molecule has 5 nitrogen and oxygen atoms in total. The second-order valence-electron chi connectivity index (χ2n) is 5.50. The number of carbonyl (C=O) groups is 1. The zero-order valence-corrected chi connectivity index (χ0v) is 14.0. The van der Waals surface area contributed by atoms with Gasteiger partial charge < -0.3 is 4.74 Å². The van der Waals surface area contributed by atoms with Crippen molar-refractivity contribution in [3.8, 4) is 0 Å². The summed E-state index contributed by atoms with van der Waals surface area (Å²) >= 11 is 3.23. The fourth-order valence-corrected chi connectivity index (χ4v) is 1.85. The third-order valence-corrected chi connectivity index (χ3v) is 2.86. The molecule has 0 atom stereocenters. The van der Waals surface area contributed by atoms with Gasteiger partial charge in [-0.1, -0.05) is 6.07 Å². The van der Waals surface area contributed by atoms with Crippen LogP contribution in [0.15, 0.2) is 41.1 Å². The van der Waals surface area contributed by atoms with Crippen molar-refractivity contribution in [3.63, 3.8) is 0 Å². The Morgan fingerprint density at radius 3 is 2.45 bits per heavy atom. The van der Waals surface area contributed by atoms with Crippen LogP contribution < -0.4 is 4.90 Å². The van der Waals surface area contributed by atoms with Gasteiger partial charge in [0.15, 0.2) is 0 Å². The van der Waals surface area contributed by atoms with Crippen molar-refractivity contribution >= 4 is 33.7 Å². The van der Waals surface area contributed by atoms with Crippen LogP contribution in [0.3, 0.4) is 0 Å². The number of amides is 1. The first kappa shape index (κ1) is 16.4. The molecule has 2 rings (SSSR count). The topological polar surface area (TPSA) is 55.3 Å². The quantitative estimate of drug-likeness (QED) is 0.786. The predicted molar refractivity (Wildman–Crippen MR) is 84.5 cm³/mol. The predicted octanol–water partition coefficient (Wildman–Crippen LogP) is 4.45. The van der Waals surface area contributed by atoms with E-state index in [2.05, 4.69) is 25.9 Å². The zero-order valence-electron chi connectivity index (χ0n) is 12.4. The lowest BCUT2D eigenvalue weighted by molar-refractivity contribution is 0.0597. The monoisotopic (exact) mass is 367 g/mol. The molecule has 1 amide bonds. The number of anilines is 2. The van der Waals surface area contributed by atoms with Crippen LogP contribution in [0, 0.1) is 5.82 Å². The molecule has 0 N–H and O–H groups in total. The summed E-state index contributed by atoms with van der Waals surface area (Å²) in [6.45, 7) is 5.24. The minimum atomic E-state index is -0.696. The number of nitrogens with zero attached hydrogens (tertiary/aromatic N) is 3. The number of ether oxygens (including phenoxy) is 1. The van der Waals surface area contributed by atoms with E-state index >= 15 is 0 Å². The molecule has 1 aromatic carbocycles. The molecule has 22 heavy (non-hydrogen) atoms. The highest BCUT2D eigenvalue weighted by Gasteiger charge is 2.27. The number of halogens is 2. The van der Waals surface area contributed by atoms with Gasteiger partial charge in [0.2, 0.25) is 5.95 Å². The van der Waals surface area contributed by atoms with Crippen molar-refractivity contribution in [1.29, 1.82) is 0 Å². The minimum Gasteiger partial charge on any atom is -0.443 e. The molecule has 0 radical (unpaired) electrons. The van der Waals surface area contributed by atoms with E-state index in [1.165, 1.54) is 30.6 Å². The lowest BCUT2D eigenvalue weighted by atomic mass is 10.2. The fourth-order valence-electron chi connectivity index (χ4n) is 1.65. The summed E-state index contributed by atoms with van der Waals surface area (Å²) in [5, 5.41) is 0. The zero-order chi connectivity index (χ0) is 16.3. The Morgan fingerprint density at radius 1 is 1.27 bits per heavy atom. The summed E-state index contributed by atoms with van der Waals surface area (Å²) < 4.78 is 19.5. The highest BCUT2D eigenvalue weighted by atomic mass is 79.9. The molecule has 0 fully saturated rings. The fraction of sp³-hybridized carbons (Fsp3) is 0.267. The number of carbonyl (C=O) groups excluding carboxylic acids is 1. The van der Waals surface area contributed by atoms with E-state index in [1.54, 1.807) is 26.8 Å². The molecule has 116 valence electrons. The largest absolute Gasteiger partial charge is 0.443 e. The first-order valence-electron chi connectivity index (χ1n) is 6.52. The first-order chi connectivity index (χ1) is 10.3. The maximum Gasteiger partial charge on any atom is 0.421 e. The van der Waals surface area contributed by atoms with E-state index in [1.807, 2.05) is 0 Å². The molecule has 7 heteroatoms. The van der Waals surface area contributed by atoms with Gasteiger partial charge in [0.25, 0.3) is 0 Å². The summed E-state index contributed by atoms with van der Waals surface area (Å²) in [5.41, 5.74) is -0.408. The normalized spacial score (nSPS) is 11.1. The van der Waals surface area contributed by atoms with Gasteiger partial charge >= 0.3 is 6.09 Å². The highest BCUT2D eigenvalue weighted by molar-refractivity contribution is 9.10. The number of aromatic nitrogens is 2. The third kappa shape index (κ3) is 4.24. The number of benzene rings is 1. The molecular formula is C15H15BrFN3O2. The average molecular weight is 368 g/mol. The van der Waals surface area contributed by atoms with Crippen molar-refractivity contribution in [1.82, 2.24) is 9.97 Å². The smallest absolute Gasteiger partial charge is 0.421 e. The van der Waals surface area contributed by atoms with Crippen LogP contribution in [-0.4, -0.2) is 21.7 Å². The van der Waals surface area contributed by atoms with E-state index in [0.717, 1.165) is 4.90 Å². The molecule has 0 bridgehead atoms. The summed E-state index contributed by atoms with van der Waals surface area (Å²) in [7, 11) is 0. The SMILES string of the molecule is CC(C)(C)OC(=O)N(c1cccc(F)c1)c1ncc(Br)cn1. The number of rotatable bonds is 2. The van der Waals surface area contributed by atoms with Crippen LogP contribution in [0.25, 0.3) is 0 Å². The number of hydrogen-bond acceptors (Lipinski definition) is 4. The summed E-state index contributed by atoms with van der Waals surface area (Å²) in [6.07, 6.45) is 2.32. The first-order valence-corrected chi connectivity index (χ1v) is 7.32.